The second kappa shape index (κ2) is 4.11. The first kappa shape index (κ1) is 11.5. The summed E-state index contributed by atoms with van der Waals surface area (Å²) in [5.74, 6) is 7.24. The molecule has 0 nitrogen and oxygen atoms in total. The van der Waals surface area contributed by atoms with Crippen LogP contribution in [0.4, 0.5) is 0 Å². The van der Waals surface area contributed by atoms with E-state index in [1.807, 2.05) is 0 Å². The maximum atomic E-state index is 2.54. The smallest absolute Gasteiger partial charge is 0.0326 e. The maximum Gasteiger partial charge on any atom is -0.0326 e. The molecule has 2 fully saturated rings. The van der Waals surface area contributed by atoms with Crippen molar-refractivity contribution in [1.82, 2.24) is 0 Å². The van der Waals surface area contributed by atoms with Gasteiger partial charge in [0.05, 0.1) is 0 Å². The Bertz CT molecular complexity index is 220. The first-order valence-corrected chi connectivity index (χ1v) is 7.11. The van der Waals surface area contributed by atoms with Gasteiger partial charge in [-0.1, -0.05) is 47.5 Å². The summed E-state index contributed by atoms with van der Waals surface area (Å²) in [7, 11) is 0. The molecular weight excluding hydrogens is 180 g/mol. The van der Waals surface area contributed by atoms with E-state index >= 15 is 0 Å². The molecule has 0 aliphatic heterocycles. The average Bonchev–Trinajstić information content (AvgIpc) is 3.02. The van der Waals surface area contributed by atoms with Crippen molar-refractivity contribution in [3.63, 3.8) is 0 Å². The van der Waals surface area contributed by atoms with E-state index in [-0.39, 0.29) is 0 Å². The fraction of sp³-hybridized carbons (Fsp3) is 1.00. The zero-order chi connectivity index (χ0) is 11.2. The van der Waals surface area contributed by atoms with Crippen molar-refractivity contribution in [2.75, 3.05) is 0 Å². The molecule has 0 heterocycles. The molecule has 7 atom stereocenters. The van der Waals surface area contributed by atoms with Gasteiger partial charge in [0.2, 0.25) is 0 Å². The highest BCUT2D eigenvalue weighted by atomic mass is 14.6. The summed E-state index contributed by atoms with van der Waals surface area (Å²) in [4.78, 5) is 0. The third-order valence-electron chi connectivity index (χ3n) is 5.86. The fourth-order valence-electron chi connectivity index (χ4n) is 4.52. The van der Waals surface area contributed by atoms with Crippen LogP contribution in [0.25, 0.3) is 0 Å². The monoisotopic (exact) mass is 208 g/mol. The minimum Gasteiger partial charge on any atom is -0.0651 e. The summed E-state index contributed by atoms with van der Waals surface area (Å²) < 4.78 is 0. The molecule has 0 bridgehead atoms. The molecule has 0 aromatic rings. The molecule has 0 aromatic carbocycles. The highest BCUT2D eigenvalue weighted by molar-refractivity contribution is 5.00. The Balaban J connectivity index is 1.93. The van der Waals surface area contributed by atoms with E-state index in [2.05, 4.69) is 34.6 Å². The molecule has 88 valence electrons. The lowest BCUT2D eigenvalue weighted by molar-refractivity contribution is -0.0441. The Kier molecular flexibility index (Phi) is 3.14. The molecule has 0 radical (unpaired) electrons. The third kappa shape index (κ3) is 1.74. The Labute approximate surface area is 95.8 Å². The van der Waals surface area contributed by atoms with Crippen LogP contribution in [0.1, 0.15) is 53.9 Å². The minimum absolute atomic E-state index is 0.987. The zero-order valence-electron chi connectivity index (χ0n) is 11.2. The molecule has 0 N–H and O–H groups in total. The molecule has 2 aliphatic carbocycles. The molecule has 0 saturated heterocycles. The topological polar surface area (TPSA) is 0 Å². The molecule has 0 heteroatoms. The fourth-order valence-corrected chi connectivity index (χ4v) is 4.52. The third-order valence-corrected chi connectivity index (χ3v) is 5.86. The quantitative estimate of drug-likeness (QED) is 0.633. The summed E-state index contributed by atoms with van der Waals surface area (Å²) in [6.45, 7) is 12.2. The Morgan fingerprint density at radius 2 is 1.73 bits per heavy atom. The molecule has 2 saturated carbocycles. The van der Waals surface area contributed by atoms with Crippen LogP contribution in [-0.2, 0) is 0 Å². The molecule has 2 rings (SSSR count). The van der Waals surface area contributed by atoms with Gasteiger partial charge in [-0.25, -0.2) is 0 Å². The van der Waals surface area contributed by atoms with Crippen molar-refractivity contribution in [1.29, 1.82) is 0 Å². The van der Waals surface area contributed by atoms with Crippen LogP contribution in [0.15, 0.2) is 0 Å². The molecular formula is C15H28. The van der Waals surface area contributed by atoms with Crippen molar-refractivity contribution < 1.29 is 0 Å². The Hall–Kier alpha value is 0. The van der Waals surface area contributed by atoms with Gasteiger partial charge in [0, 0.05) is 0 Å². The van der Waals surface area contributed by atoms with Crippen LogP contribution in [0.3, 0.4) is 0 Å². The number of hydrogen-bond donors (Lipinski definition) is 0. The second-order valence-electron chi connectivity index (χ2n) is 6.29. The van der Waals surface area contributed by atoms with Crippen LogP contribution in [0.5, 0.6) is 0 Å². The van der Waals surface area contributed by atoms with Crippen molar-refractivity contribution in [2.24, 2.45) is 41.4 Å². The van der Waals surface area contributed by atoms with Gasteiger partial charge in [-0.15, -0.1) is 0 Å². The van der Waals surface area contributed by atoms with Gasteiger partial charge >= 0.3 is 0 Å². The summed E-state index contributed by atoms with van der Waals surface area (Å²) >= 11 is 0. The lowest BCUT2D eigenvalue weighted by Gasteiger charge is -2.52. The van der Waals surface area contributed by atoms with E-state index in [1.54, 1.807) is 0 Å². The molecule has 15 heavy (non-hydrogen) atoms. The van der Waals surface area contributed by atoms with E-state index in [4.69, 9.17) is 0 Å². The Morgan fingerprint density at radius 3 is 2.20 bits per heavy atom. The molecule has 7 unspecified atom stereocenters. The lowest BCUT2D eigenvalue weighted by atomic mass is 9.53. The van der Waals surface area contributed by atoms with Gasteiger partial charge in [0.1, 0.15) is 0 Å². The van der Waals surface area contributed by atoms with Crippen LogP contribution in [-0.4, -0.2) is 0 Å². The van der Waals surface area contributed by atoms with Gasteiger partial charge in [-0.2, -0.15) is 0 Å². The van der Waals surface area contributed by atoms with E-state index in [0.717, 1.165) is 41.4 Å². The summed E-state index contributed by atoms with van der Waals surface area (Å²) in [5, 5.41) is 0. The largest absolute Gasteiger partial charge is 0.0651 e. The van der Waals surface area contributed by atoms with Crippen LogP contribution >= 0.6 is 0 Å². The second-order valence-corrected chi connectivity index (χ2v) is 6.29. The Morgan fingerprint density at radius 1 is 1.07 bits per heavy atom. The maximum absolute atomic E-state index is 2.54. The van der Waals surface area contributed by atoms with Crippen LogP contribution in [0, 0.1) is 41.4 Å². The number of hydrogen-bond acceptors (Lipinski definition) is 0. The van der Waals surface area contributed by atoms with Gasteiger partial charge in [-0.05, 0) is 47.8 Å². The van der Waals surface area contributed by atoms with Gasteiger partial charge in [0.15, 0.2) is 0 Å². The standard InChI is InChI=1S/C15H28/c1-6-12-8-14(12)11(5)15-10(4)9(3)13(15)7-2/h9-15H,6-8H2,1-5H3. The molecule has 0 aromatic heterocycles. The molecule has 0 amide bonds. The highest BCUT2D eigenvalue weighted by Crippen LogP contribution is 2.58. The summed E-state index contributed by atoms with van der Waals surface area (Å²) in [6.07, 6.45) is 4.36. The first-order chi connectivity index (χ1) is 7.11. The summed E-state index contributed by atoms with van der Waals surface area (Å²) in [5.41, 5.74) is 0. The van der Waals surface area contributed by atoms with Crippen molar-refractivity contribution in [2.45, 2.75) is 53.9 Å². The molecule has 2 aliphatic rings. The minimum atomic E-state index is 0.987. The van der Waals surface area contributed by atoms with E-state index < -0.39 is 0 Å². The van der Waals surface area contributed by atoms with E-state index in [1.165, 1.54) is 19.3 Å². The SMILES string of the molecule is CCC1CC1C(C)C1C(C)C(C)C1CC. The van der Waals surface area contributed by atoms with Crippen molar-refractivity contribution >= 4 is 0 Å². The lowest BCUT2D eigenvalue weighted by Crippen LogP contribution is -2.47. The van der Waals surface area contributed by atoms with Gasteiger partial charge < -0.3 is 0 Å². The zero-order valence-corrected chi connectivity index (χ0v) is 11.2. The van der Waals surface area contributed by atoms with Gasteiger partial charge in [0.25, 0.3) is 0 Å². The predicted molar refractivity (Wildman–Crippen MR) is 66.7 cm³/mol. The van der Waals surface area contributed by atoms with Crippen LogP contribution in [0.2, 0.25) is 0 Å². The molecule has 0 spiro atoms. The van der Waals surface area contributed by atoms with Crippen molar-refractivity contribution in [3.05, 3.63) is 0 Å². The van der Waals surface area contributed by atoms with E-state index in [9.17, 15) is 0 Å². The number of rotatable bonds is 4. The van der Waals surface area contributed by atoms with Crippen LogP contribution < -0.4 is 0 Å². The predicted octanol–water partition coefficient (Wildman–Crippen LogP) is 4.60. The van der Waals surface area contributed by atoms with Gasteiger partial charge in [-0.3, -0.25) is 0 Å². The first-order valence-electron chi connectivity index (χ1n) is 7.11. The average molecular weight is 208 g/mol. The summed E-state index contributed by atoms with van der Waals surface area (Å²) in [6, 6.07) is 0. The highest BCUT2D eigenvalue weighted by Gasteiger charge is 2.52. The normalized spacial score (nSPS) is 51.0. The van der Waals surface area contributed by atoms with E-state index in [0.29, 0.717) is 0 Å². The van der Waals surface area contributed by atoms with Crippen molar-refractivity contribution in [3.8, 4) is 0 Å².